The Bertz CT molecular complexity index is 608. The Kier molecular flexibility index (Phi) is 5.56. The number of hydrogen-bond donors (Lipinski definition) is 1. The molecule has 132 valence electrons. The summed E-state index contributed by atoms with van der Waals surface area (Å²) in [5.74, 6) is 0. The van der Waals surface area contributed by atoms with Crippen molar-refractivity contribution in [3.63, 3.8) is 0 Å². The Labute approximate surface area is 142 Å². The lowest BCUT2D eigenvalue weighted by molar-refractivity contribution is -0.0677. The number of hydrogen-bond acceptors (Lipinski definition) is 3. The smallest absolute Gasteiger partial charge is 0.317 e. The zero-order valence-electron chi connectivity index (χ0n) is 14.2. The van der Waals surface area contributed by atoms with Crippen molar-refractivity contribution in [1.29, 1.82) is 0 Å². The Morgan fingerprint density at radius 1 is 1.25 bits per heavy atom. The topological polar surface area (TPSA) is 63.6 Å². The Balaban J connectivity index is 1.34. The van der Waals surface area contributed by atoms with Crippen LogP contribution in [0, 0.1) is 0 Å². The van der Waals surface area contributed by atoms with Crippen LogP contribution in [0.1, 0.15) is 38.5 Å². The normalized spacial score (nSPS) is 23.6. The molecular formula is C18H27N3O3. The van der Waals surface area contributed by atoms with Crippen LogP contribution in [0.15, 0.2) is 29.2 Å². The first-order valence-corrected chi connectivity index (χ1v) is 9.01. The van der Waals surface area contributed by atoms with Crippen LogP contribution in [0.2, 0.25) is 0 Å². The lowest BCUT2D eigenvalue weighted by Gasteiger charge is -2.33. The number of nitrogens with one attached hydrogen (secondary N) is 1. The summed E-state index contributed by atoms with van der Waals surface area (Å²) in [5.41, 5.74) is -0.0549. The van der Waals surface area contributed by atoms with Gasteiger partial charge in [0, 0.05) is 38.5 Å². The Morgan fingerprint density at radius 3 is 2.96 bits per heavy atom. The van der Waals surface area contributed by atoms with Gasteiger partial charge in [0.05, 0.1) is 12.1 Å². The number of nitrogens with zero attached hydrogens (tertiary/aromatic N) is 2. The summed E-state index contributed by atoms with van der Waals surface area (Å²) in [6, 6.07) is 5.19. The molecule has 2 amide bonds. The van der Waals surface area contributed by atoms with Gasteiger partial charge in [-0.15, -0.1) is 0 Å². The summed E-state index contributed by atoms with van der Waals surface area (Å²) in [6.07, 6.45) is 7.90. The lowest BCUT2D eigenvalue weighted by Crippen LogP contribution is -2.44. The molecular weight excluding hydrogens is 306 g/mol. The van der Waals surface area contributed by atoms with E-state index in [1.54, 1.807) is 22.9 Å². The van der Waals surface area contributed by atoms with Gasteiger partial charge in [0.1, 0.15) is 0 Å². The first-order valence-electron chi connectivity index (χ1n) is 9.01. The van der Waals surface area contributed by atoms with Gasteiger partial charge in [-0.05, 0) is 44.6 Å². The molecule has 0 aliphatic carbocycles. The van der Waals surface area contributed by atoms with Crippen molar-refractivity contribution < 1.29 is 9.53 Å². The highest BCUT2D eigenvalue weighted by Gasteiger charge is 2.41. The van der Waals surface area contributed by atoms with E-state index in [9.17, 15) is 9.59 Å². The largest absolute Gasteiger partial charge is 0.373 e. The van der Waals surface area contributed by atoms with Crippen molar-refractivity contribution in [1.82, 2.24) is 14.8 Å². The SMILES string of the molecule is O=C(NCCCCn1ccccc1=O)N1CCC2(CCCCO2)C1. The molecule has 6 nitrogen and oxygen atoms in total. The first-order chi connectivity index (χ1) is 11.7. The van der Waals surface area contributed by atoms with Crippen LogP contribution in [-0.2, 0) is 11.3 Å². The summed E-state index contributed by atoms with van der Waals surface area (Å²) >= 11 is 0. The molecule has 6 heteroatoms. The van der Waals surface area contributed by atoms with Crippen LogP contribution in [-0.4, -0.2) is 47.3 Å². The monoisotopic (exact) mass is 333 g/mol. The molecule has 1 unspecified atom stereocenters. The number of ether oxygens (including phenoxy) is 1. The van der Waals surface area contributed by atoms with E-state index in [1.165, 1.54) is 6.42 Å². The summed E-state index contributed by atoms with van der Waals surface area (Å²) in [6.45, 7) is 3.67. The van der Waals surface area contributed by atoms with Crippen molar-refractivity contribution in [3.05, 3.63) is 34.7 Å². The third kappa shape index (κ3) is 4.17. The summed E-state index contributed by atoms with van der Waals surface area (Å²) in [4.78, 5) is 25.7. The molecule has 1 atom stereocenters. The van der Waals surface area contributed by atoms with Crippen LogP contribution in [0.4, 0.5) is 4.79 Å². The minimum Gasteiger partial charge on any atom is -0.373 e. The Morgan fingerprint density at radius 2 is 2.17 bits per heavy atom. The maximum Gasteiger partial charge on any atom is 0.317 e. The zero-order valence-corrected chi connectivity index (χ0v) is 14.2. The van der Waals surface area contributed by atoms with E-state index in [0.29, 0.717) is 13.1 Å². The van der Waals surface area contributed by atoms with Crippen molar-refractivity contribution in [2.24, 2.45) is 0 Å². The van der Waals surface area contributed by atoms with E-state index >= 15 is 0 Å². The third-order valence-electron chi connectivity index (χ3n) is 5.04. The maximum absolute atomic E-state index is 12.3. The van der Waals surface area contributed by atoms with Crippen molar-refractivity contribution in [2.45, 2.75) is 50.7 Å². The molecule has 24 heavy (non-hydrogen) atoms. The maximum atomic E-state index is 12.3. The molecule has 0 bridgehead atoms. The highest BCUT2D eigenvalue weighted by Crippen LogP contribution is 2.33. The van der Waals surface area contributed by atoms with E-state index in [-0.39, 0.29) is 17.2 Å². The fourth-order valence-electron chi connectivity index (χ4n) is 3.61. The fourth-order valence-corrected chi connectivity index (χ4v) is 3.61. The van der Waals surface area contributed by atoms with Gasteiger partial charge in [0.2, 0.25) is 5.56 Å². The number of aromatic nitrogens is 1. The minimum absolute atomic E-state index is 0.0120. The van der Waals surface area contributed by atoms with Crippen LogP contribution < -0.4 is 10.9 Å². The summed E-state index contributed by atoms with van der Waals surface area (Å²) < 4.78 is 7.66. The van der Waals surface area contributed by atoms with E-state index < -0.39 is 0 Å². The number of unbranched alkanes of at least 4 members (excludes halogenated alkanes) is 1. The van der Waals surface area contributed by atoms with E-state index in [1.807, 2.05) is 11.0 Å². The second kappa shape index (κ2) is 7.83. The van der Waals surface area contributed by atoms with Gasteiger partial charge in [-0.1, -0.05) is 6.07 Å². The van der Waals surface area contributed by atoms with Gasteiger partial charge in [-0.25, -0.2) is 4.79 Å². The van der Waals surface area contributed by atoms with Crippen molar-refractivity contribution >= 4 is 6.03 Å². The molecule has 0 aromatic carbocycles. The average molecular weight is 333 g/mol. The molecule has 0 saturated carbocycles. The lowest BCUT2D eigenvalue weighted by atomic mass is 9.93. The predicted octanol–water partition coefficient (Wildman–Crippen LogP) is 1.98. The number of amides is 2. The van der Waals surface area contributed by atoms with Crippen molar-refractivity contribution in [2.75, 3.05) is 26.2 Å². The quantitative estimate of drug-likeness (QED) is 0.838. The number of carbonyl (C=O) groups is 1. The predicted molar refractivity (Wildman–Crippen MR) is 92.1 cm³/mol. The third-order valence-corrected chi connectivity index (χ3v) is 5.04. The molecule has 2 saturated heterocycles. The second-order valence-corrected chi connectivity index (χ2v) is 6.83. The molecule has 1 aromatic rings. The molecule has 0 radical (unpaired) electrons. The first kappa shape index (κ1) is 17.0. The van der Waals surface area contributed by atoms with Crippen LogP contribution in [0.3, 0.4) is 0 Å². The number of carbonyl (C=O) groups excluding carboxylic acids is 1. The van der Waals surface area contributed by atoms with Gasteiger partial charge in [-0.3, -0.25) is 4.79 Å². The molecule has 3 rings (SSSR count). The molecule has 3 heterocycles. The van der Waals surface area contributed by atoms with E-state index in [2.05, 4.69) is 5.32 Å². The number of pyridine rings is 1. The molecule has 2 aliphatic rings. The van der Waals surface area contributed by atoms with Gasteiger partial charge in [0.25, 0.3) is 0 Å². The second-order valence-electron chi connectivity index (χ2n) is 6.83. The molecule has 1 aromatic heterocycles. The molecule has 1 spiro atoms. The highest BCUT2D eigenvalue weighted by molar-refractivity contribution is 5.74. The van der Waals surface area contributed by atoms with Gasteiger partial charge in [0.15, 0.2) is 0 Å². The summed E-state index contributed by atoms with van der Waals surface area (Å²) in [5, 5.41) is 2.99. The number of likely N-dealkylation sites (tertiary alicyclic amines) is 1. The highest BCUT2D eigenvalue weighted by atomic mass is 16.5. The van der Waals surface area contributed by atoms with E-state index in [0.717, 1.165) is 51.8 Å². The van der Waals surface area contributed by atoms with Crippen LogP contribution in [0.5, 0.6) is 0 Å². The van der Waals surface area contributed by atoms with Crippen molar-refractivity contribution in [3.8, 4) is 0 Å². The number of urea groups is 1. The molecule has 2 aliphatic heterocycles. The van der Waals surface area contributed by atoms with Crippen LogP contribution in [0.25, 0.3) is 0 Å². The number of rotatable bonds is 5. The molecule has 2 fully saturated rings. The standard InChI is InChI=1S/C18H27N3O3/c22-16-7-1-4-11-20(16)12-5-3-10-19-17(23)21-13-9-18(15-21)8-2-6-14-24-18/h1,4,7,11H,2-3,5-6,8-10,12-15H2,(H,19,23). The minimum atomic E-state index is -0.0793. The van der Waals surface area contributed by atoms with Gasteiger partial charge in [-0.2, -0.15) is 0 Å². The Hall–Kier alpha value is -1.82. The molecule has 1 N–H and O–H groups in total. The average Bonchev–Trinajstić information content (AvgIpc) is 3.00. The van der Waals surface area contributed by atoms with E-state index in [4.69, 9.17) is 4.74 Å². The zero-order chi connectivity index (χ0) is 16.8. The van der Waals surface area contributed by atoms with Crippen LogP contribution >= 0.6 is 0 Å². The van der Waals surface area contributed by atoms with Gasteiger partial charge < -0.3 is 19.5 Å². The number of aryl methyl sites for hydroxylation is 1. The summed E-state index contributed by atoms with van der Waals surface area (Å²) in [7, 11) is 0. The fraction of sp³-hybridized carbons (Fsp3) is 0.667. The van der Waals surface area contributed by atoms with Gasteiger partial charge >= 0.3 is 6.03 Å².